The van der Waals surface area contributed by atoms with Gasteiger partial charge in [-0.3, -0.25) is 14.2 Å². The second-order valence-electron chi connectivity index (χ2n) is 9.93. The van der Waals surface area contributed by atoms with Gasteiger partial charge in [0.15, 0.2) is 11.0 Å². The van der Waals surface area contributed by atoms with Crippen LogP contribution >= 0.6 is 23.4 Å². The van der Waals surface area contributed by atoms with Crippen molar-refractivity contribution in [2.24, 2.45) is 0 Å². The fourth-order valence-corrected chi connectivity index (χ4v) is 5.37. The van der Waals surface area contributed by atoms with Crippen LogP contribution in [-0.2, 0) is 11.4 Å². The number of aromatic nitrogens is 3. The monoisotopic (exact) mass is 657 g/mol. The number of nitrogens with zero attached hydrogens (tertiary/aromatic N) is 3. The Balaban J connectivity index is 1.30. The van der Waals surface area contributed by atoms with E-state index in [1.807, 2.05) is 48.7 Å². The maximum atomic E-state index is 13.2. The predicted octanol–water partition coefficient (Wildman–Crippen LogP) is 7.20. The zero-order chi connectivity index (χ0) is 32.5. The molecule has 0 atom stereocenters. The van der Waals surface area contributed by atoms with E-state index in [0.29, 0.717) is 51.0 Å². The van der Waals surface area contributed by atoms with Crippen LogP contribution in [0.5, 0.6) is 17.2 Å². The van der Waals surface area contributed by atoms with E-state index in [9.17, 15) is 9.59 Å². The molecule has 2 amide bonds. The smallest absolute Gasteiger partial charge is 0.255 e. The Hall–Kier alpha value is -5.00. The maximum absolute atomic E-state index is 13.2. The third-order valence-corrected chi connectivity index (χ3v) is 7.91. The topological polar surface area (TPSA) is 117 Å². The first-order chi connectivity index (χ1) is 22.3. The zero-order valence-electron chi connectivity index (χ0n) is 25.5. The molecule has 0 aliphatic rings. The second-order valence-corrected chi connectivity index (χ2v) is 11.3. The predicted molar refractivity (Wildman–Crippen MR) is 180 cm³/mol. The molecule has 236 valence electrons. The van der Waals surface area contributed by atoms with Gasteiger partial charge < -0.3 is 24.8 Å². The normalized spacial score (nSPS) is 10.7. The van der Waals surface area contributed by atoms with Gasteiger partial charge in [-0.25, -0.2) is 0 Å². The van der Waals surface area contributed by atoms with Crippen molar-refractivity contribution >= 4 is 46.6 Å². The maximum Gasteiger partial charge on any atom is 0.255 e. The van der Waals surface area contributed by atoms with Gasteiger partial charge in [0.1, 0.15) is 23.9 Å². The molecule has 5 aromatic rings. The number of rotatable bonds is 13. The van der Waals surface area contributed by atoms with Gasteiger partial charge in [0.05, 0.1) is 25.2 Å². The number of anilines is 2. The van der Waals surface area contributed by atoms with Crippen LogP contribution in [0.15, 0.2) is 96.2 Å². The lowest BCUT2D eigenvalue weighted by Gasteiger charge is -2.15. The number of halogens is 1. The first-order valence-corrected chi connectivity index (χ1v) is 15.7. The highest BCUT2D eigenvalue weighted by Crippen LogP contribution is 2.32. The van der Waals surface area contributed by atoms with Crippen LogP contribution < -0.4 is 24.8 Å². The van der Waals surface area contributed by atoms with Gasteiger partial charge in [-0.2, -0.15) is 0 Å². The number of hydrogen-bond donors (Lipinski definition) is 2. The molecule has 0 unspecified atom stereocenters. The van der Waals surface area contributed by atoms with Gasteiger partial charge in [0.25, 0.3) is 5.91 Å². The van der Waals surface area contributed by atoms with Crippen molar-refractivity contribution in [3.8, 4) is 22.9 Å². The molecule has 0 saturated heterocycles. The molecule has 0 saturated carbocycles. The lowest BCUT2D eigenvalue weighted by atomic mass is 10.1. The molecule has 0 spiro atoms. The highest BCUT2D eigenvalue weighted by atomic mass is 35.5. The van der Waals surface area contributed by atoms with E-state index in [-0.39, 0.29) is 24.2 Å². The minimum Gasteiger partial charge on any atom is -0.494 e. The third-order valence-electron chi connectivity index (χ3n) is 6.72. The summed E-state index contributed by atoms with van der Waals surface area (Å²) in [7, 11) is 1.50. The summed E-state index contributed by atoms with van der Waals surface area (Å²) in [5.41, 5.74) is 3.14. The van der Waals surface area contributed by atoms with Crippen molar-refractivity contribution in [1.82, 2.24) is 14.8 Å². The molecule has 10 nitrogen and oxygen atoms in total. The van der Waals surface area contributed by atoms with Gasteiger partial charge in [-0.1, -0.05) is 41.6 Å². The van der Waals surface area contributed by atoms with Crippen molar-refractivity contribution in [3.63, 3.8) is 0 Å². The Bertz CT molecular complexity index is 1800. The average molecular weight is 658 g/mol. The van der Waals surface area contributed by atoms with E-state index in [1.165, 1.54) is 18.9 Å². The van der Waals surface area contributed by atoms with E-state index in [1.54, 1.807) is 60.7 Å². The number of amides is 2. The van der Waals surface area contributed by atoms with Gasteiger partial charge in [-0.15, -0.1) is 10.2 Å². The van der Waals surface area contributed by atoms with Crippen LogP contribution in [0, 0.1) is 6.92 Å². The number of carbonyl (C=O) groups is 2. The molecule has 0 radical (unpaired) electrons. The number of carbonyl (C=O) groups excluding carboxylic acids is 2. The fourth-order valence-electron chi connectivity index (χ4n) is 4.47. The summed E-state index contributed by atoms with van der Waals surface area (Å²) >= 11 is 7.24. The quantitative estimate of drug-likeness (QED) is 0.128. The first kappa shape index (κ1) is 32.4. The van der Waals surface area contributed by atoms with Gasteiger partial charge in [0.2, 0.25) is 5.91 Å². The molecule has 0 aliphatic heterocycles. The number of benzene rings is 4. The molecule has 1 aromatic heterocycles. The van der Waals surface area contributed by atoms with Crippen LogP contribution in [0.1, 0.15) is 28.7 Å². The average Bonchev–Trinajstić information content (AvgIpc) is 3.48. The lowest BCUT2D eigenvalue weighted by Crippen LogP contribution is -2.16. The second kappa shape index (κ2) is 15.3. The van der Waals surface area contributed by atoms with E-state index in [0.717, 1.165) is 17.0 Å². The minimum absolute atomic E-state index is 0.0436. The van der Waals surface area contributed by atoms with E-state index in [2.05, 4.69) is 20.8 Å². The molecule has 46 heavy (non-hydrogen) atoms. The summed E-state index contributed by atoms with van der Waals surface area (Å²) in [6.45, 7) is 4.46. The Morgan fingerprint density at radius 2 is 1.57 bits per heavy atom. The summed E-state index contributed by atoms with van der Waals surface area (Å²) < 4.78 is 18.9. The van der Waals surface area contributed by atoms with E-state index < -0.39 is 0 Å². The summed E-state index contributed by atoms with van der Waals surface area (Å²) in [6.07, 6.45) is 0. The Labute approximate surface area is 276 Å². The zero-order valence-corrected chi connectivity index (χ0v) is 27.0. The Morgan fingerprint density at radius 3 is 2.26 bits per heavy atom. The first-order valence-electron chi connectivity index (χ1n) is 14.4. The van der Waals surface area contributed by atoms with E-state index in [4.69, 9.17) is 25.8 Å². The number of aryl methyl sites for hydroxylation is 1. The van der Waals surface area contributed by atoms with E-state index >= 15 is 0 Å². The van der Waals surface area contributed by atoms with Crippen LogP contribution in [0.4, 0.5) is 11.4 Å². The highest BCUT2D eigenvalue weighted by Gasteiger charge is 2.19. The summed E-state index contributed by atoms with van der Waals surface area (Å²) in [6, 6.07) is 27.0. The highest BCUT2D eigenvalue weighted by molar-refractivity contribution is 7.99. The lowest BCUT2D eigenvalue weighted by molar-refractivity contribution is -0.113. The van der Waals surface area contributed by atoms with Crippen molar-refractivity contribution < 1.29 is 23.8 Å². The molecule has 0 bridgehead atoms. The van der Waals surface area contributed by atoms with Gasteiger partial charge >= 0.3 is 0 Å². The Morgan fingerprint density at radius 1 is 0.870 bits per heavy atom. The number of nitrogens with one attached hydrogen (secondary N) is 2. The largest absolute Gasteiger partial charge is 0.494 e. The summed E-state index contributed by atoms with van der Waals surface area (Å²) in [4.78, 5) is 25.9. The molecular weight excluding hydrogens is 626 g/mol. The van der Waals surface area contributed by atoms with Crippen LogP contribution in [-0.4, -0.2) is 46.0 Å². The van der Waals surface area contributed by atoms with Crippen molar-refractivity contribution in [1.29, 1.82) is 0 Å². The summed E-state index contributed by atoms with van der Waals surface area (Å²) in [5, 5.41) is 15.7. The van der Waals surface area contributed by atoms with Crippen molar-refractivity contribution in [3.05, 3.63) is 113 Å². The number of ether oxygens (including phenoxy) is 3. The molecule has 4 aromatic carbocycles. The number of methoxy groups -OCH3 is 1. The third kappa shape index (κ3) is 8.17. The molecule has 1 heterocycles. The SMILES string of the molecule is CCOc1ccc(-n2c(COc3ccc(Cl)cc3)nnc2SCC(=O)Nc2cc(C)c(NC(=O)c3ccccc3)cc2OC)cc1. The van der Waals surface area contributed by atoms with Crippen molar-refractivity contribution in [2.45, 2.75) is 25.6 Å². The van der Waals surface area contributed by atoms with Crippen LogP contribution in [0.2, 0.25) is 5.02 Å². The molecule has 0 fully saturated rings. The number of thioether (sulfide) groups is 1. The molecule has 2 N–H and O–H groups in total. The standard InChI is InChI=1S/C34H32ClN5O5S/c1-4-44-26-16-12-25(13-17-26)40-31(20-45-27-14-10-24(35)11-15-27)38-39-34(40)46-21-32(41)36-29-18-22(2)28(19-30(29)43-3)37-33(42)23-8-6-5-7-9-23/h5-19H,4,20-21H2,1-3H3,(H,36,41)(H,37,42). The minimum atomic E-state index is -0.274. The molecular formula is C34H32ClN5O5S. The van der Waals surface area contributed by atoms with Crippen molar-refractivity contribution in [2.75, 3.05) is 30.1 Å². The summed E-state index contributed by atoms with van der Waals surface area (Å²) in [5.74, 6) is 1.86. The van der Waals surface area contributed by atoms with Gasteiger partial charge in [-0.05, 0) is 86.1 Å². The Kier molecular flexibility index (Phi) is 10.8. The fraction of sp³-hybridized carbons (Fsp3) is 0.176. The van der Waals surface area contributed by atoms with Crippen LogP contribution in [0.25, 0.3) is 5.69 Å². The molecule has 12 heteroatoms. The van der Waals surface area contributed by atoms with Crippen LogP contribution in [0.3, 0.4) is 0 Å². The molecule has 5 rings (SSSR count). The molecule has 0 aliphatic carbocycles. The van der Waals surface area contributed by atoms with Gasteiger partial charge in [0, 0.05) is 28.0 Å². The number of hydrogen-bond acceptors (Lipinski definition) is 8.